The number of amides is 2. The molecule has 0 aliphatic carbocycles. The minimum Gasteiger partial charge on any atom is -0.324 e. The van der Waals surface area contributed by atoms with Crippen LogP contribution < -0.4 is 10.2 Å². The number of hydrogen-bond donors (Lipinski definition) is 2. The number of hydrogen-bond acceptors (Lipinski definition) is 5. The lowest BCUT2D eigenvalue weighted by atomic mass is 10.00. The van der Waals surface area contributed by atoms with Gasteiger partial charge in [0.25, 0.3) is 4.84 Å². The van der Waals surface area contributed by atoms with Gasteiger partial charge in [-0.05, 0) is 47.9 Å². The molecule has 8 heteroatoms. The van der Waals surface area contributed by atoms with Crippen LogP contribution in [0, 0.1) is 16.7 Å². The molecular weight excluding hydrogens is 484 g/mol. The van der Waals surface area contributed by atoms with Crippen molar-refractivity contribution in [2.45, 2.75) is 6.42 Å². The summed E-state index contributed by atoms with van der Waals surface area (Å²) in [7, 11) is 0. The number of nitrogens with one attached hydrogen (secondary N) is 2. The van der Waals surface area contributed by atoms with Crippen LogP contribution in [0.1, 0.15) is 17.5 Å². The topological polar surface area (TPSA) is 91.2 Å². The summed E-state index contributed by atoms with van der Waals surface area (Å²) in [6, 6.07) is 26.5. The molecule has 1 aromatic heterocycles. The molecule has 0 fully saturated rings. The van der Waals surface area contributed by atoms with E-state index in [1.54, 1.807) is 23.1 Å². The number of rotatable bonds is 2. The SMILES string of the molecule is O=C1CC(=O)N(c2cccc(-c3noc(=S)[nH]3)c2)c2cc(C#Cc3ccccc3)c3ccccc3c2N1. The molecule has 4 aromatic carbocycles. The number of aromatic nitrogens is 2. The van der Waals surface area contributed by atoms with E-state index in [9.17, 15) is 9.59 Å². The zero-order valence-corrected chi connectivity index (χ0v) is 20.1. The van der Waals surface area contributed by atoms with Gasteiger partial charge in [-0.2, -0.15) is 0 Å². The number of carbonyl (C=O) groups excluding carboxylic acids is 2. The van der Waals surface area contributed by atoms with Gasteiger partial charge in [0.2, 0.25) is 11.8 Å². The first-order chi connectivity index (χ1) is 18.1. The molecule has 2 N–H and O–H groups in total. The third kappa shape index (κ3) is 4.29. The number of fused-ring (bicyclic) bond motifs is 3. The van der Waals surface area contributed by atoms with Gasteiger partial charge in [-0.1, -0.05) is 71.6 Å². The van der Waals surface area contributed by atoms with Crippen molar-refractivity contribution in [3.63, 3.8) is 0 Å². The fourth-order valence-electron chi connectivity index (χ4n) is 4.40. The molecule has 2 amide bonds. The average molecular weight is 503 g/mol. The molecule has 0 radical (unpaired) electrons. The largest absolute Gasteiger partial charge is 0.324 e. The van der Waals surface area contributed by atoms with E-state index in [0.29, 0.717) is 28.5 Å². The lowest BCUT2D eigenvalue weighted by Crippen LogP contribution is -2.26. The summed E-state index contributed by atoms with van der Waals surface area (Å²) in [4.78, 5) is 30.8. The smallest absolute Gasteiger partial charge is 0.295 e. The lowest BCUT2D eigenvalue weighted by molar-refractivity contribution is -0.124. The maximum Gasteiger partial charge on any atom is 0.295 e. The fourth-order valence-corrected chi connectivity index (χ4v) is 4.53. The predicted octanol–water partition coefficient (Wildman–Crippen LogP) is 5.96. The average Bonchev–Trinajstić information content (AvgIpc) is 3.30. The molecule has 1 aliphatic rings. The molecule has 0 spiro atoms. The van der Waals surface area contributed by atoms with E-state index in [2.05, 4.69) is 27.3 Å². The number of H-pyrrole nitrogens is 1. The molecule has 178 valence electrons. The minimum atomic E-state index is -0.376. The molecule has 2 heterocycles. The Bertz CT molecular complexity index is 1810. The molecule has 0 saturated carbocycles. The Morgan fingerprint density at radius 2 is 1.68 bits per heavy atom. The summed E-state index contributed by atoms with van der Waals surface area (Å²) in [6.07, 6.45) is -0.301. The third-order valence-corrected chi connectivity index (χ3v) is 6.20. The number of anilines is 3. The van der Waals surface area contributed by atoms with Gasteiger partial charge in [0.1, 0.15) is 6.42 Å². The fraction of sp³-hybridized carbons (Fsp3) is 0.0345. The summed E-state index contributed by atoms with van der Waals surface area (Å²) in [5.41, 5.74) is 3.96. The second-order valence-electron chi connectivity index (χ2n) is 8.43. The molecule has 0 unspecified atom stereocenters. The summed E-state index contributed by atoms with van der Waals surface area (Å²) in [6.45, 7) is 0. The van der Waals surface area contributed by atoms with Crippen LogP contribution in [0.2, 0.25) is 0 Å². The molecule has 0 atom stereocenters. The van der Waals surface area contributed by atoms with Gasteiger partial charge in [0.05, 0.1) is 11.4 Å². The Hall–Kier alpha value is -5.00. The van der Waals surface area contributed by atoms with Gasteiger partial charge in [-0.15, -0.1) is 0 Å². The molecule has 7 nitrogen and oxygen atoms in total. The highest BCUT2D eigenvalue weighted by Gasteiger charge is 2.30. The monoisotopic (exact) mass is 502 g/mol. The van der Waals surface area contributed by atoms with Crippen molar-refractivity contribution >= 4 is 51.9 Å². The molecule has 1 aliphatic heterocycles. The van der Waals surface area contributed by atoms with Crippen molar-refractivity contribution in [2.24, 2.45) is 0 Å². The van der Waals surface area contributed by atoms with E-state index in [1.807, 2.05) is 66.7 Å². The Kier molecular flexibility index (Phi) is 5.60. The summed E-state index contributed by atoms with van der Waals surface area (Å²) < 4.78 is 5.00. The lowest BCUT2D eigenvalue weighted by Gasteiger charge is -2.24. The van der Waals surface area contributed by atoms with Crippen LogP contribution in [0.15, 0.2) is 89.5 Å². The maximum absolute atomic E-state index is 13.4. The first kappa shape index (κ1) is 22.5. The second-order valence-corrected chi connectivity index (χ2v) is 8.80. The highest BCUT2D eigenvalue weighted by molar-refractivity contribution is 7.71. The van der Waals surface area contributed by atoms with Crippen LogP contribution in [0.4, 0.5) is 17.1 Å². The van der Waals surface area contributed by atoms with Crippen LogP contribution in [-0.4, -0.2) is 22.0 Å². The van der Waals surface area contributed by atoms with Crippen LogP contribution in [0.5, 0.6) is 0 Å². The number of benzene rings is 4. The van der Waals surface area contributed by atoms with Crippen LogP contribution in [0.25, 0.3) is 22.2 Å². The van der Waals surface area contributed by atoms with E-state index in [-0.39, 0.29) is 23.1 Å². The van der Waals surface area contributed by atoms with Gasteiger partial charge in [-0.3, -0.25) is 19.5 Å². The van der Waals surface area contributed by atoms with Crippen molar-refractivity contribution in [3.05, 3.63) is 101 Å². The second kappa shape index (κ2) is 9.22. The molecular formula is C29H18N4O3S. The molecule has 37 heavy (non-hydrogen) atoms. The number of carbonyl (C=O) groups is 2. The highest BCUT2D eigenvalue weighted by atomic mass is 32.1. The van der Waals surface area contributed by atoms with Gasteiger partial charge >= 0.3 is 0 Å². The van der Waals surface area contributed by atoms with E-state index < -0.39 is 0 Å². The zero-order valence-electron chi connectivity index (χ0n) is 19.3. The Morgan fingerprint density at radius 1 is 0.892 bits per heavy atom. The number of aromatic amines is 1. The summed E-state index contributed by atoms with van der Waals surface area (Å²) in [5, 5.41) is 8.57. The first-order valence-corrected chi connectivity index (χ1v) is 11.9. The minimum absolute atomic E-state index is 0.152. The van der Waals surface area contributed by atoms with Gasteiger partial charge in [-0.25, -0.2) is 0 Å². The zero-order chi connectivity index (χ0) is 25.4. The van der Waals surface area contributed by atoms with E-state index in [4.69, 9.17) is 16.7 Å². The van der Waals surface area contributed by atoms with Crippen molar-refractivity contribution in [1.82, 2.24) is 10.1 Å². The van der Waals surface area contributed by atoms with Crippen LogP contribution in [-0.2, 0) is 9.59 Å². The van der Waals surface area contributed by atoms with Gasteiger partial charge in [0.15, 0.2) is 5.82 Å². The van der Waals surface area contributed by atoms with E-state index >= 15 is 0 Å². The van der Waals surface area contributed by atoms with Crippen molar-refractivity contribution in [1.29, 1.82) is 0 Å². The Labute approximate surface area is 216 Å². The molecule has 5 aromatic rings. The highest BCUT2D eigenvalue weighted by Crippen LogP contribution is 2.42. The summed E-state index contributed by atoms with van der Waals surface area (Å²) >= 11 is 5.00. The van der Waals surface area contributed by atoms with Crippen molar-refractivity contribution < 1.29 is 14.1 Å². The van der Waals surface area contributed by atoms with E-state index in [1.165, 1.54) is 0 Å². The van der Waals surface area contributed by atoms with E-state index in [0.717, 1.165) is 21.9 Å². The predicted molar refractivity (Wildman–Crippen MR) is 144 cm³/mol. The number of nitrogens with zero attached hydrogens (tertiary/aromatic N) is 2. The first-order valence-electron chi connectivity index (χ1n) is 11.5. The van der Waals surface area contributed by atoms with Crippen LogP contribution >= 0.6 is 12.2 Å². The molecule has 0 bridgehead atoms. The van der Waals surface area contributed by atoms with Crippen molar-refractivity contribution in [2.75, 3.05) is 10.2 Å². The Balaban J connectivity index is 1.57. The maximum atomic E-state index is 13.4. The quantitative estimate of drug-likeness (QED) is 0.177. The standard InChI is InChI=1S/C29H18N4O3S/c34-25-17-26(35)33(21-10-6-9-20(15-21)28-31-29(37)36-32-28)24-16-19(14-13-18-7-2-1-3-8-18)22-11-4-5-12-23(22)27(24)30-25/h1-12,15-16H,17H2,(H,30,34)(H,31,32,37). The van der Waals surface area contributed by atoms with Gasteiger partial charge < -0.3 is 9.84 Å². The van der Waals surface area contributed by atoms with Crippen LogP contribution in [0.3, 0.4) is 0 Å². The molecule has 0 saturated heterocycles. The van der Waals surface area contributed by atoms with Crippen molar-refractivity contribution in [3.8, 4) is 23.2 Å². The summed E-state index contributed by atoms with van der Waals surface area (Å²) in [5.74, 6) is 6.19. The Morgan fingerprint density at radius 3 is 2.46 bits per heavy atom. The van der Waals surface area contributed by atoms with Gasteiger partial charge in [0, 0.05) is 27.8 Å². The third-order valence-electron chi connectivity index (χ3n) is 6.02. The normalized spacial score (nSPS) is 12.9. The molecule has 6 rings (SSSR count).